The average Bonchev–Trinajstić information content (AvgIpc) is 3.06. The van der Waals surface area contributed by atoms with E-state index in [1.54, 1.807) is 0 Å². The Labute approximate surface area is 177 Å². The third-order valence-corrected chi connectivity index (χ3v) is 5.05. The molecule has 1 saturated carbocycles. The second-order valence-electron chi connectivity index (χ2n) is 6.89. The van der Waals surface area contributed by atoms with E-state index >= 15 is 0 Å². The first-order chi connectivity index (χ1) is 12.8. The minimum absolute atomic E-state index is 0. The molecule has 0 atom stereocenters. The van der Waals surface area contributed by atoms with Gasteiger partial charge in [0.05, 0.1) is 6.54 Å². The van der Waals surface area contributed by atoms with Gasteiger partial charge < -0.3 is 24.7 Å². The molecule has 1 aliphatic heterocycles. The SMILES string of the molecule is CCNC(=NCC1(c2ccc3c(c2)OCO3)CC1)NCCn1cccc1.I. The van der Waals surface area contributed by atoms with E-state index in [9.17, 15) is 0 Å². The highest BCUT2D eigenvalue weighted by Gasteiger charge is 2.44. The number of nitrogens with one attached hydrogen (secondary N) is 2. The van der Waals surface area contributed by atoms with E-state index < -0.39 is 0 Å². The molecule has 2 aliphatic rings. The number of hydrogen-bond acceptors (Lipinski definition) is 3. The number of aromatic nitrogens is 1. The minimum Gasteiger partial charge on any atom is -0.454 e. The van der Waals surface area contributed by atoms with E-state index in [-0.39, 0.29) is 29.4 Å². The maximum atomic E-state index is 5.53. The second kappa shape index (κ2) is 8.86. The molecular formula is C20H27IN4O2. The van der Waals surface area contributed by atoms with Crippen LogP contribution in [0.1, 0.15) is 25.3 Å². The number of aliphatic imine (C=N–C) groups is 1. The zero-order valence-electron chi connectivity index (χ0n) is 15.6. The Morgan fingerprint density at radius 1 is 1.15 bits per heavy atom. The van der Waals surface area contributed by atoms with E-state index in [4.69, 9.17) is 14.5 Å². The number of halogens is 1. The summed E-state index contributed by atoms with van der Waals surface area (Å²) in [6.07, 6.45) is 6.48. The lowest BCUT2D eigenvalue weighted by molar-refractivity contribution is 0.174. The molecule has 4 rings (SSSR count). The van der Waals surface area contributed by atoms with Crippen LogP contribution in [0.5, 0.6) is 11.5 Å². The molecule has 0 bridgehead atoms. The number of hydrogen-bond donors (Lipinski definition) is 2. The van der Waals surface area contributed by atoms with Gasteiger partial charge in [0.2, 0.25) is 6.79 Å². The lowest BCUT2D eigenvalue weighted by Gasteiger charge is -2.16. The van der Waals surface area contributed by atoms with Crippen LogP contribution in [0, 0.1) is 0 Å². The number of guanidine groups is 1. The van der Waals surface area contributed by atoms with E-state index in [1.807, 2.05) is 18.2 Å². The molecule has 1 aliphatic carbocycles. The van der Waals surface area contributed by atoms with Gasteiger partial charge in [0.1, 0.15) is 0 Å². The first-order valence-corrected chi connectivity index (χ1v) is 9.32. The van der Waals surface area contributed by atoms with Gasteiger partial charge in [0.15, 0.2) is 17.5 Å². The summed E-state index contributed by atoms with van der Waals surface area (Å²) in [6.45, 7) is 5.81. The molecule has 2 heterocycles. The van der Waals surface area contributed by atoms with Gasteiger partial charge in [-0.15, -0.1) is 24.0 Å². The Morgan fingerprint density at radius 3 is 2.67 bits per heavy atom. The van der Waals surface area contributed by atoms with Gasteiger partial charge in [-0.05, 0) is 49.6 Å². The summed E-state index contributed by atoms with van der Waals surface area (Å²) in [5, 5.41) is 6.77. The van der Waals surface area contributed by atoms with Gasteiger partial charge in [-0.1, -0.05) is 6.07 Å². The quantitative estimate of drug-likeness (QED) is 0.362. The second-order valence-corrected chi connectivity index (χ2v) is 6.89. The van der Waals surface area contributed by atoms with Gasteiger partial charge in [-0.2, -0.15) is 0 Å². The number of ether oxygens (including phenoxy) is 2. The molecule has 7 heteroatoms. The smallest absolute Gasteiger partial charge is 0.231 e. The van der Waals surface area contributed by atoms with Crippen LogP contribution < -0.4 is 20.1 Å². The summed E-state index contributed by atoms with van der Waals surface area (Å²) in [5.74, 6) is 2.58. The highest BCUT2D eigenvalue weighted by atomic mass is 127. The van der Waals surface area contributed by atoms with Crippen molar-refractivity contribution in [2.75, 3.05) is 26.4 Å². The number of rotatable bonds is 7. The summed E-state index contributed by atoms with van der Waals surface area (Å²) in [5.41, 5.74) is 1.44. The summed E-state index contributed by atoms with van der Waals surface area (Å²) in [7, 11) is 0. The van der Waals surface area contributed by atoms with Crippen LogP contribution in [0.25, 0.3) is 0 Å². The maximum absolute atomic E-state index is 5.53. The fourth-order valence-electron chi connectivity index (χ4n) is 3.31. The zero-order valence-corrected chi connectivity index (χ0v) is 17.9. The van der Waals surface area contributed by atoms with Gasteiger partial charge >= 0.3 is 0 Å². The van der Waals surface area contributed by atoms with Crippen molar-refractivity contribution in [3.05, 3.63) is 48.3 Å². The Hall–Kier alpha value is -1.90. The first kappa shape index (κ1) is 19.9. The Kier molecular flexibility index (Phi) is 6.51. The molecule has 27 heavy (non-hydrogen) atoms. The summed E-state index contributed by atoms with van der Waals surface area (Å²) >= 11 is 0. The predicted octanol–water partition coefficient (Wildman–Crippen LogP) is 3.12. The van der Waals surface area contributed by atoms with Gasteiger partial charge in [-0.25, -0.2) is 0 Å². The average molecular weight is 482 g/mol. The molecule has 146 valence electrons. The summed E-state index contributed by atoms with van der Waals surface area (Å²) in [6, 6.07) is 10.4. The van der Waals surface area contributed by atoms with Crippen molar-refractivity contribution in [2.45, 2.75) is 31.7 Å². The van der Waals surface area contributed by atoms with E-state index in [0.29, 0.717) is 6.79 Å². The molecule has 1 aromatic heterocycles. The Balaban J connectivity index is 0.00000210. The van der Waals surface area contributed by atoms with Crippen molar-refractivity contribution in [2.24, 2.45) is 4.99 Å². The molecule has 0 amide bonds. The van der Waals surface area contributed by atoms with Crippen molar-refractivity contribution in [1.82, 2.24) is 15.2 Å². The van der Waals surface area contributed by atoms with Crippen LogP contribution in [-0.2, 0) is 12.0 Å². The molecular weight excluding hydrogens is 455 g/mol. The molecule has 0 radical (unpaired) electrons. The highest BCUT2D eigenvalue weighted by molar-refractivity contribution is 14.0. The normalized spacial score (nSPS) is 16.6. The lowest BCUT2D eigenvalue weighted by atomic mass is 9.96. The zero-order chi connectivity index (χ0) is 17.8. The minimum atomic E-state index is 0. The fraction of sp³-hybridized carbons (Fsp3) is 0.450. The molecule has 6 nitrogen and oxygen atoms in total. The van der Waals surface area contributed by atoms with E-state index in [2.05, 4.69) is 46.7 Å². The van der Waals surface area contributed by atoms with Crippen LogP contribution in [-0.4, -0.2) is 37.0 Å². The van der Waals surface area contributed by atoms with Gasteiger partial charge in [0, 0.05) is 37.4 Å². The van der Waals surface area contributed by atoms with E-state index in [0.717, 1.165) is 43.6 Å². The molecule has 1 fully saturated rings. The van der Waals surface area contributed by atoms with Crippen LogP contribution >= 0.6 is 24.0 Å². The number of benzene rings is 1. The van der Waals surface area contributed by atoms with Crippen LogP contribution in [0.15, 0.2) is 47.7 Å². The monoisotopic (exact) mass is 482 g/mol. The largest absolute Gasteiger partial charge is 0.454 e. The molecule has 2 N–H and O–H groups in total. The molecule has 0 unspecified atom stereocenters. The third-order valence-electron chi connectivity index (χ3n) is 5.05. The number of fused-ring (bicyclic) bond motifs is 1. The summed E-state index contributed by atoms with van der Waals surface area (Å²) in [4.78, 5) is 4.85. The molecule has 1 aromatic carbocycles. The van der Waals surface area contributed by atoms with Crippen molar-refractivity contribution < 1.29 is 9.47 Å². The van der Waals surface area contributed by atoms with Crippen molar-refractivity contribution in [3.8, 4) is 11.5 Å². The first-order valence-electron chi connectivity index (χ1n) is 9.32. The molecule has 2 aromatic rings. The summed E-state index contributed by atoms with van der Waals surface area (Å²) < 4.78 is 13.1. The Bertz CT molecular complexity index is 772. The number of nitrogens with zero attached hydrogens (tertiary/aromatic N) is 2. The van der Waals surface area contributed by atoms with Gasteiger partial charge in [-0.3, -0.25) is 4.99 Å². The highest BCUT2D eigenvalue weighted by Crippen LogP contribution is 2.50. The topological polar surface area (TPSA) is 59.8 Å². The third kappa shape index (κ3) is 4.69. The Morgan fingerprint density at radius 2 is 1.93 bits per heavy atom. The molecule has 0 saturated heterocycles. The van der Waals surface area contributed by atoms with Gasteiger partial charge in [0.25, 0.3) is 0 Å². The van der Waals surface area contributed by atoms with Crippen LogP contribution in [0.3, 0.4) is 0 Å². The predicted molar refractivity (Wildman–Crippen MR) is 117 cm³/mol. The molecule has 0 spiro atoms. The standard InChI is InChI=1S/C20H26N4O2.HI/c1-2-21-19(22-9-12-24-10-3-4-11-24)23-14-20(7-8-20)16-5-6-17-18(13-16)26-15-25-17;/h3-6,10-11,13H,2,7-9,12,14-15H2,1H3,(H2,21,22,23);1H. The van der Waals surface area contributed by atoms with Crippen molar-refractivity contribution >= 4 is 29.9 Å². The van der Waals surface area contributed by atoms with Crippen LogP contribution in [0.4, 0.5) is 0 Å². The van der Waals surface area contributed by atoms with Crippen LogP contribution in [0.2, 0.25) is 0 Å². The maximum Gasteiger partial charge on any atom is 0.231 e. The van der Waals surface area contributed by atoms with Crippen molar-refractivity contribution in [1.29, 1.82) is 0 Å². The fourth-order valence-corrected chi connectivity index (χ4v) is 3.31. The van der Waals surface area contributed by atoms with E-state index in [1.165, 1.54) is 18.4 Å². The lowest BCUT2D eigenvalue weighted by Crippen LogP contribution is -2.39. The van der Waals surface area contributed by atoms with Crippen molar-refractivity contribution in [3.63, 3.8) is 0 Å².